The summed E-state index contributed by atoms with van der Waals surface area (Å²) in [6, 6.07) is 20.2. The Hall–Kier alpha value is -1.60. The highest BCUT2D eigenvalue weighted by molar-refractivity contribution is 5.28. The lowest BCUT2D eigenvalue weighted by Crippen LogP contribution is -2.25. The highest BCUT2D eigenvalue weighted by Gasteiger charge is 2.33. The number of aliphatic hydroxyl groups excluding tert-OH is 1. The smallest absolute Gasteiger partial charge is 0.0863 e. The van der Waals surface area contributed by atoms with Gasteiger partial charge in [0.2, 0.25) is 0 Å². The number of hydrogen-bond donors (Lipinski definition) is 1. The van der Waals surface area contributed by atoms with Crippen molar-refractivity contribution in [3.8, 4) is 0 Å². The van der Waals surface area contributed by atoms with Gasteiger partial charge >= 0.3 is 0 Å². The molecule has 100 valence electrons. The van der Waals surface area contributed by atoms with Crippen molar-refractivity contribution in [2.45, 2.75) is 32.8 Å². The van der Waals surface area contributed by atoms with Gasteiger partial charge in [-0.25, -0.2) is 0 Å². The van der Waals surface area contributed by atoms with Crippen molar-refractivity contribution < 1.29 is 5.11 Å². The van der Waals surface area contributed by atoms with Gasteiger partial charge in [0.15, 0.2) is 0 Å². The predicted octanol–water partition coefficient (Wildman–Crippen LogP) is 4.55. The molecule has 2 rings (SSSR count). The van der Waals surface area contributed by atoms with E-state index >= 15 is 0 Å². The van der Waals surface area contributed by atoms with E-state index in [1.165, 1.54) is 5.56 Å². The molecule has 1 unspecified atom stereocenters. The third-order valence-corrected chi connectivity index (χ3v) is 3.55. The molecule has 0 aliphatic rings. The van der Waals surface area contributed by atoms with Crippen LogP contribution in [0.15, 0.2) is 60.7 Å². The van der Waals surface area contributed by atoms with Gasteiger partial charge in [0.05, 0.1) is 6.10 Å². The molecule has 0 aliphatic carbocycles. The number of hydrogen-bond acceptors (Lipinski definition) is 1. The van der Waals surface area contributed by atoms with Gasteiger partial charge < -0.3 is 5.11 Å². The van der Waals surface area contributed by atoms with E-state index in [1.54, 1.807) is 0 Å². The second-order valence-corrected chi connectivity index (χ2v) is 6.11. The lowest BCUT2D eigenvalue weighted by Gasteiger charge is -2.35. The molecule has 0 bridgehead atoms. The maximum Gasteiger partial charge on any atom is 0.0863 e. The molecular formula is C18H22O. The van der Waals surface area contributed by atoms with E-state index in [-0.39, 0.29) is 11.3 Å². The van der Waals surface area contributed by atoms with Gasteiger partial charge in [0.25, 0.3) is 0 Å². The Morgan fingerprint density at radius 2 is 1.16 bits per heavy atom. The summed E-state index contributed by atoms with van der Waals surface area (Å²) in [7, 11) is 0. The van der Waals surface area contributed by atoms with Crippen LogP contribution in [0, 0.1) is 5.41 Å². The Balaban J connectivity index is 2.40. The topological polar surface area (TPSA) is 20.2 Å². The molecular weight excluding hydrogens is 232 g/mol. The highest BCUT2D eigenvalue weighted by Crippen LogP contribution is 2.43. The summed E-state index contributed by atoms with van der Waals surface area (Å²) >= 11 is 0. The zero-order valence-electron chi connectivity index (χ0n) is 11.9. The third-order valence-electron chi connectivity index (χ3n) is 3.55. The molecule has 0 aliphatic heterocycles. The fourth-order valence-corrected chi connectivity index (χ4v) is 2.66. The number of rotatable bonds is 3. The minimum atomic E-state index is -0.483. The predicted molar refractivity (Wildman–Crippen MR) is 80.0 cm³/mol. The van der Waals surface area contributed by atoms with Gasteiger partial charge in [-0.2, -0.15) is 0 Å². The molecule has 2 aromatic carbocycles. The summed E-state index contributed by atoms with van der Waals surface area (Å²) in [5.74, 6) is 0.0797. The Kier molecular flexibility index (Phi) is 4.06. The molecule has 0 amide bonds. The number of benzene rings is 2. The Morgan fingerprint density at radius 3 is 1.58 bits per heavy atom. The summed E-state index contributed by atoms with van der Waals surface area (Å²) in [4.78, 5) is 0. The van der Waals surface area contributed by atoms with E-state index in [1.807, 2.05) is 48.5 Å². The first-order valence-corrected chi connectivity index (χ1v) is 6.78. The lowest BCUT2D eigenvalue weighted by atomic mass is 9.72. The Morgan fingerprint density at radius 1 is 0.737 bits per heavy atom. The molecule has 0 fully saturated rings. The maximum atomic E-state index is 10.8. The van der Waals surface area contributed by atoms with Crippen molar-refractivity contribution in [3.05, 3.63) is 71.8 Å². The van der Waals surface area contributed by atoms with Gasteiger partial charge in [-0.15, -0.1) is 0 Å². The number of aliphatic hydroxyl groups is 1. The van der Waals surface area contributed by atoms with E-state index in [0.717, 1.165) is 5.56 Å². The van der Waals surface area contributed by atoms with Crippen LogP contribution in [0.25, 0.3) is 0 Å². The standard InChI is InChI=1S/C18H22O/c1-18(2,3)16(14-10-6-4-7-11-14)17(19)15-12-8-5-9-13-15/h4-13,16-17,19H,1-3H3/t16?,17-/m1/s1. The maximum absolute atomic E-state index is 10.8. The summed E-state index contributed by atoms with van der Waals surface area (Å²) in [5.41, 5.74) is 2.16. The molecule has 2 aromatic rings. The normalized spacial score (nSPS) is 14.9. The first-order valence-electron chi connectivity index (χ1n) is 6.78. The van der Waals surface area contributed by atoms with Crippen LogP contribution in [0.1, 0.15) is 43.9 Å². The quantitative estimate of drug-likeness (QED) is 0.852. The van der Waals surface area contributed by atoms with Gasteiger partial charge in [-0.05, 0) is 16.5 Å². The summed E-state index contributed by atoms with van der Waals surface area (Å²) < 4.78 is 0. The average Bonchev–Trinajstić information content (AvgIpc) is 2.39. The van der Waals surface area contributed by atoms with Crippen molar-refractivity contribution in [2.75, 3.05) is 0 Å². The van der Waals surface area contributed by atoms with Crippen LogP contribution in [0.3, 0.4) is 0 Å². The van der Waals surface area contributed by atoms with Crippen LogP contribution < -0.4 is 0 Å². The van der Waals surface area contributed by atoms with Crippen LogP contribution in [0.4, 0.5) is 0 Å². The largest absolute Gasteiger partial charge is 0.388 e. The van der Waals surface area contributed by atoms with Crippen LogP contribution in [0.5, 0.6) is 0 Å². The molecule has 0 radical (unpaired) electrons. The third kappa shape index (κ3) is 3.24. The molecule has 1 N–H and O–H groups in total. The SMILES string of the molecule is CC(C)(C)C(c1ccccc1)[C@H](O)c1ccccc1. The second-order valence-electron chi connectivity index (χ2n) is 6.11. The first kappa shape index (κ1) is 13.8. The molecule has 0 saturated heterocycles. The van der Waals surface area contributed by atoms with E-state index < -0.39 is 6.10 Å². The zero-order chi connectivity index (χ0) is 13.9. The monoisotopic (exact) mass is 254 g/mol. The van der Waals surface area contributed by atoms with E-state index in [2.05, 4.69) is 32.9 Å². The lowest BCUT2D eigenvalue weighted by molar-refractivity contribution is 0.0893. The van der Waals surface area contributed by atoms with Gasteiger partial charge in [-0.1, -0.05) is 81.4 Å². The molecule has 0 heterocycles. The molecule has 0 aromatic heterocycles. The molecule has 0 saturated carbocycles. The van der Waals surface area contributed by atoms with E-state index in [0.29, 0.717) is 0 Å². The van der Waals surface area contributed by atoms with Crippen molar-refractivity contribution in [3.63, 3.8) is 0 Å². The van der Waals surface area contributed by atoms with Crippen LogP contribution in [-0.4, -0.2) is 5.11 Å². The Bertz CT molecular complexity index is 496. The fraction of sp³-hybridized carbons (Fsp3) is 0.333. The summed E-state index contributed by atoms with van der Waals surface area (Å²) in [6.45, 7) is 6.53. The molecule has 0 spiro atoms. The minimum Gasteiger partial charge on any atom is -0.388 e. The second kappa shape index (κ2) is 5.58. The molecule has 2 atom stereocenters. The molecule has 1 nitrogen and oxygen atoms in total. The van der Waals surface area contributed by atoms with Crippen LogP contribution in [0.2, 0.25) is 0 Å². The fourth-order valence-electron chi connectivity index (χ4n) is 2.66. The van der Waals surface area contributed by atoms with Crippen molar-refractivity contribution in [1.29, 1.82) is 0 Å². The van der Waals surface area contributed by atoms with E-state index in [4.69, 9.17) is 0 Å². The van der Waals surface area contributed by atoms with Crippen LogP contribution >= 0.6 is 0 Å². The molecule has 19 heavy (non-hydrogen) atoms. The van der Waals surface area contributed by atoms with Gasteiger partial charge in [0, 0.05) is 5.92 Å². The van der Waals surface area contributed by atoms with Gasteiger partial charge in [0.1, 0.15) is 0 Å². The highest BCUT2D eigenvalue weighted by atomic mass is 16.3. The zero-order valence-corrected chi connectivity index (χ0v) is 11.9. The molecule has 1 heteroatoms. The Labute approximate surface area is 115 Å². The summed E-state index contributed by atoms with van der Waals surface area (Å²) in [5, 5.41) is 10.8. The van der Waals surface area contributed by atoms with Crippen molar-refractivity contribution in [1.82, 2.24) is 0 Å². The van der Waals surface area contributed by atoms with E-state index in [9.17, 15) is 5.11 Å². The summed E-state index contributed by atoms with van der Waals surface area (Å²) in [6.07, 6.45) is -0.483. The van der Waals surface area contributed by atoms with Gasteiger partial charge in [-0.3, -0.25) is 0 Å². The first-order chi connectivity index (χ1) is 9.00. The average molecular weight is 254 g/mol. The minimum absolute atomic E-state index is 0.00336. The van der Waals surface area contributed by atoms with Crippen LogP contribution in [-0.2, 0) is 0 Å². The van der Waals surface area contributed by atoms with Crippen molar-refractivity contribution in [2.24, 2.45) is 5.41 Å². The van der Waals surface area contributed by atoms with Crippen molar-refractivity contribution >= 4 is 0 Å².